The molecule has 0 saturated heterocycles. The van der Waals surface area contributed by atoms with Gasteiger partial charge in [-0.1, -0.05) is 52.9 Å². The van der Waals surface area contributed by atoms with Crippen molar-refractivity contribution < 1.29 is 0 Å². The van der Waals surface area contributed by atoms with Crippen molar-refractivity contribution in [3.05, 3.63) is 0 Å². The highest BCUT2D eigenvalue weighted by Gasteiger charge is 2.33. The highest BCUT2D eigenvalue weighted by Crippen LogP contribution is 2.45. The third kappa shape index (κ3) is 3.23. The minimum Gasteiger partial charge on any atom is -0.0602 e. The highest BCUT2D eigenvalue weighted by atomic mass is 14.4. The fourth-order valence-corrected chi connectivity index (χ4v) is 3.94. The average molecular weight is 208 g/mol. The Balaban J connectivity index is 1.98. The Morgan fingerprint density at radius 3 is 2.40 bits per heavy atom. The van der Waals surface area contributed by atoms with Crippen LogP contribution in [-0.4, -0.2) is 0 Å². The van der Waals surface area contributed by atoms with Crippen LogP contribution in [0.25, 0.3) is 0 Å². The number of rotatable bonds is 1. The van der Waals surface area contributed by atoms with Crippen molar-refractivity contribution in [3.8, 4) is 0 Å². The first-order valence-electron chi connectivity index (χ1n) is 7.04. The van der Waals surface area contributed by atoms with Gasteiger partial charge in [0.15, 0.2) is 0 Å². The van der Waals surface area contributed by atoms with Gasteiger partial charge < -0.3 is 0 Å². The van der Waals surface area contributed by atoms with Gasteiger partial charge in [0.1, 0.15) is 0 Å². The van der Waals surface area contributed by atoms with Crippen LogP contribution >= 0.6 is 0 Å². The van der Waals surface area contributed by atoms with E-state index < -0.39 is 0 Å². The predicted octanol–water partition coefficient (Wildman–Crippen LogP) is 5.03. The molecule has 2 bridgehead atoms. The lowest BCUT2D eigenvalue weighted by Gasteiger charge is -2.41. The summed E-state index contributed by atoms with van der Waals surface area (Å²) < 4.78 is 0. The highest BCUT2D eigenvalue weighted by molar-refractivity contribution is 4.85. The van der Waals surface area contributed by atoms with E-state index in [4.69, 9.17) is 0 Å². The molecule has 3 rings (SSSR count). The minimum atomic E-state index is 0.546. The van der Waals surface area contributed by atoms with Gasteiger partial charge in [-0.15, -0.1) is 0 Å². The van der Waals surface area contributed by atoms with Crippen LogP contribution < -0.4 is 0 Å². The van der Waals surface area contributed by atoms with E-state index in [1.165, 1.54) is 32.1 Å². The van der Waals surface area contributed by atoms with E-state index in [1.807, 2.05) is 0 Å². The van der Waals surface area contributed by atoms with Crippen LogP contribution in [0.1, 0.15) is 72.1 Å². The van der Waals surface area contributed by atoms with Crippen molar-refractivity contribution in [2.75, 3.05) is 0 Å². The van der Waals surface area contributed by atoms with Gasteiger partial charge in [-0.25, -0.2) is 0 Å². The zero-order valence-electron chi connectivity index (χ0n) is 10.9. The monoisotopic (exact) mass is 208 g/mol. The third-order valence-electron chi connectivity index (χ3n) is 4.56. The lowest BCUT2D eigenvalue weighted by molar-refractivity contribution is 0.101. The van der Waals surface area contributed by atoms with Crippen molar-refractivity contribution >= 4 is 0 Å². The molecule has 0 radical (unpaired) electrons. The van der Waals surface area contributed by atoms with Crippen LogP contribution in [0.4, 0.5) is 0 Å². The van der Waals surface area contributed by atoms with Crippen LogP contribution in [0.5, 0.6) is 0 Å². The maximum atomic E-state index is 2.42. The lowest BCUT2D eigenvalue weighted by atomic mass is 9.64. The molecule has 0 amide bonds. The molecule has 88 valence electrons. The van der Waals surface area contributed by atoms with E-state index >= 15 is 0 Å². The molecule has 3 aliphatic carbocycles. The fraction of sp³-hybridized carbons (Fsp3) is 1.00. The average Bonchev–Trinajstić information content (AvgIpc) is 2.04. The summed E-state index contributed by atoms with van der Waals surface area (Å²) in [5.41, 5.74) is 0.546. The minimum absolute atomic E-state index is 0.546. The van der Waals surface area contributed by atoms with Crippen LogP contribution in [0, 0.1) is 23.2 Å². The molecule has 3 atom stereocenters. The zero-order valence-corrected chi connectivity index (χ0v) is 10.9. The summed E-state index contributed by atoms with van der Waals surface area (Å²) in [5, 5.41) is 0. The molecule has 0 spiro atoms. The Bertz CT molecular complexity index is 195. The van der Waals surface area contributed by atoms with Crippen molar-refractivity contribution in [2.24, 2.45) is 23.2 Å². The van der Waals surface area contributed by atoms with Gasteiger partial charge in [0, 0.05) is 0 Å². The van der Waals surface area contributed by atoms with Gasteiger partial charge in [0.25, 0.3) is 0 Å². The van der Waals surface area contributed by atoms with Crippen LogP contribution in [0.3, 0.4) is 0 Å². The van der Waals surface area contributed by atoms with E-state index in [2.05, 4.69) is 20.8 Å². The largest absolute Gasteiger partial charge is 0.0602 e. The Morgan fingerprint density at radius 2 is 1.67 bits per heavy atom. The summed E-state index contributed by atoms with van der Waals surface area (Å²) in [4.78, 5) is 0. The zero-order chi connectivity index (χ0) is 10.9. The number of hydrogen-bond acceptors (Lipinski definition) is 0. The van der Waals surface area contributed by atoms with Crippen molar-refractivity contribution in [2.45, 2.75) is 72.1 Å². The van der Waals surface area contributed by atoms with Gasteiger partial charge in [0.2, 0.25) is 0 Å². The first-order valence-corrected chi connectivity index (χ1v) is 7.04. The quantitative estimate of drug-likeness (QED) is 0.567. The lowest BCUT2D eigenvalue weighted by Crippen LogP contribution is -2.30. The number of fused-ring (bicyclic) bond motifs is 5. The predicted molar refractivity (Wildman–Crippen MR) is 66.9 cm³/mol. The normalized spacial score (nSPS) is 37.4. The third-order valence-corrected chi connectivity index (χ3v) is 4.56. The maximum absolute atomic E-state index is 2.42. The molecule has 0 aromatic carbocycles. The molecule has 0 N–H and O–H groups in total. The van der Waals surface area contributed by atoms with Gasteiger partial charge >= 0.3 is 0 Å². The Labute approximate surface area is 95.8 Å². The second kappa shape index (κ2) is 4.47. The molecule has 3 aliphatic rings. The van der Waals surface area contributed by atoms with Crippen LogP contribution in [0.15, 0.2) is 0 Å². The molecular formula is C15H28. The first kappa shape index (κ1) is 11.5. The Morgan fingerprint density at radius 1 is 0.933 bits per heavy atom. The molecular weight excluding hydrogens is 180 g/mol. The summed E-state index contributed by atoms with van der Waals surface area (Å²) >= 11 is 0. The standard InChI is InChI=1S/C15H28/c1-15(2,3)11-14-10-12-6-4-5-7-13(14)9-8-12/h12-14H,4-11H2,1-3H3. The summed E-state index contributed by atoms with van der Waals surface area (Å²) in [7, 11) is 0. The molecule has 0 aliphatic heterocycles. The molecule has 3 unspecified atom stereocenters. The van der Waals surface area contributed by atoms with E-state index in [0.29, 0.717) is 5.41 Å². The van der Waals surface area contributed by atoms with E-state index in [9.17, 15) is 0 Å². The number of hydrogen-bond donors (Lipinski definition) is 0. The van der Waals surface area contributed by atoms with Crippen molar-refractivity contribution in [1.82, 2.24) is 0 Å². The SMILES string of the molecule is CC(C)(C)CC1CC2CCCCC1CC2. The van der Waals surface area contributed by atoms with E-state index in [-0.39, 0.29) is 0 Å². The van der Waals surface area contributed by atoms with Crippen molar-refractivity contribution in [1.29, 1.82) is 0 Å². The van der Waals surface area contributed by atoms with Gasteiger partial charge in [-0.3, -0.25) is 0 Å². The fourth-order valence-electron chi connectivity index (χ4n) is 3.94. The molecule has 0 heteroatoms. The molecule has 0 aromatic heterocycles. The second-order valence-corrected chi connectivity index (χ2v) is 7.25. The van der Waals surface area contributed by atoms with E-state index in [0.717, 1.165) is 17.8 Å². The summed E-state index contributed by atoms with van der Waals surface area (Å²) in [5.74, 6) is 3.23. The topological polar surface area (TPSA) is 0 Å². The Kier molecular flexibility index (Phi) is 3.42. The summed E-state index contributed by atoms with van der Waals surface area (Å²) in [6.45, 7) is 7.25. The summed E-state index contributed by atoms with van der Waals surface area (Å²) in [6, 6.07) is 0. The smallest absolute Gasteiger partial charge is 0.0378 e. The molecule has 0 nitrogen and oxygen atoms in total. The Hall–Kier alpha value is 0. The molecule has 3 saturated carbocycles. The second-order valence-electron chi connectivity index (χ2n) is 7.25. The van der Waals surface area contributed by atoms with Crippen molar-refractivity contribution in [3.63, 3.8) is 0 Å². The molecule has 3 fully saturated rings. The molecule has 15 heavy (non-hydrogen) atoms. The summed E-state index contributed by atoms with van der Waals surface area (Å²) in [6.07, 6.45) is 12.2. The van der Waals surface area contributed by atoms with Gasteiger partial charge in [-0.2, -0.15) is 0 Å². The van der Waals surface area contributed by atoms with Crippen LogP contribution in [-0.2, 0) is 0 Å². The molecule has 0 heterocycles. The molecule has 0 aromatic rings. The van der Waals surface area contributed by atoms with Gasteiger partial charge in [-0.05, 0) is 42.4 Å². The van der Waals surface area contributed by atoms with E-state index in [1.54, 1.807) is 19.3 Å². The first-order chi connectivity index (χ1) is 7.04. The van der Waals surface area contributed by atoms with Crippen LogP contribution in [0.2, 0.25) is 0 Å². The van der Waals surface area contributed by atoms with Gasteiger partial charge in [0.05, 0.1) is 0 Å². The maximum Gasteiger partial charge on any atom is -0.0378 e.